The van der Waals surface area contributed by atoms with Gasteiger partial charge in [0, 0.05) is 25.7 Å². The lowest BCUT2D eigenvalue weighted by Crippen LogP contribution is -2.44. The van der Waals surface area contributed by atoms with Gasteiger partial charge in [-0.3, -0.25) is 0 Å². The molecule has 2 aliphatic carbocycles. The van der Waals surface area contributed by atoms with Gasteiger partial charge < -0.3 is 15.0 Å². The van der Waals surface area contributed by atoms with E-state index in [1.54, 1.807) is 0 Å². The van der Waals surface area contributed by atoms with Crippen LogP contribution in [0, 0.1) is 17.8 Å². The molecule has 23 heavy (non-hydrogen) atoms. The van der Waals surface area contributed by atoms with Crippen molar-refractivity contribution in [2.24, 2.45) is 17.8 Å². The lowest BCUT2D eigenvalue weighted by atomic mass is 9.87. The number of ether oxygens (including phenoxy) is 1. The van der Waals surface area contributed by atoms with Gasteiger partial charge >= 0.3 is 6.09 Å². The Labute approximate surface area is 141 Å². The molecular weight excluding hydrogens is 288 g/mol. The molecule has 0 aliphatic heterocycles. The summed E-state index contributed by atoms with van der Waals surface area (Å²) >= 11 is 0. The molecule has 1 saturated carbocycles. The van der Waals surface area contributed by atoms with Gasteiger partial charge in [-0.05, 0) is 64.7 Å². The van der Waals surface area contributed by atoms with E-state index in [9.17, 15) is 4.79 Å². The lowest BCUT2D eigenvalue weighted by Gasteiger charge is -2.29. The highest BCUT2D eigenvalue weighted by Gasteiger charge is 2.38. The van der Waals surface area contributed by atoms with Crippen LogP contribution in [-0.4, -0.2) is 42.3 Å². The van der Waals surface area contributed by atoms with Crippen molar-refractivity contribution in [2.45, 2.75) is 65.5 Å². The number of nitrogens with one attached hydrogen (secondary N) is 1. The standard InChI is InChI=1S/C19H34N2O2/c1-6-10-21(18(22)23-19(3,4)5)11-9-20-14(2)17-13-15-7-8-16(17)12-15/h7-8,14-17,20H,6,9-13H2,1-5H3. The summed E-state index contributed by atoms with van der Waals surface area (Å²) < 4.78 is 5.50. The van der Waals surface area contributed by atoms with E-state index in [4.69, 9.17) is 4.74 Å². The quantitative estimate of drug-likeness (QED) is 0.724. The number of nitrogens with zero attached hydrogens (tertiary/aromatic N) is 1. The first-order valence-electron chi connectivity index (χ1n) is 9.19. The average Bonchev–Trinajstić information content (AvgIpc) is 3.07. The molecule has 4 atom stereocenters. The second kappa shape index (κ2) is 7.69. The molecular formula is C19H34N2O2. The molecule has 0 saturated heterocycles. The maximum absolute atomic E-state index is 12.3. The average molecular weight is 322 g/mol. The Hall–Kier alpha value is -1.03. The Morgan fingerprint density at radius 1 is 1.30 bits per heavy atom. The monoisotopic (exact) mass is 322 g/mol. The molecule has 4 unspecified atom stereocenters. The van der Waals surface area contributed by atoms with Gasteiger partial charge in [-0.2, -0.15) is 0 Å². The topological polar surface area (TPSA) is 41.6 Å². The molecule has 1 amide bonds. The highest BCUT2D eigenvalue weighted by molar-refractivity contribution is 5.68. The number of hydrogen-bond acceptors (Lipinski definition) is 3. The normalized spacial score (nSPS) is 27.3. The molecule has 132 valence electrons. The highest BCUT2D eigenvalue weighted by Crippen LogP contribution is 2.44. The summed E-state index contributed by atoms with van der Waals surface area (Å²) in [5.41, 5.74) is -0.431. The number of hydrogen-bond donors (Lipinski definition) is 1. The van der Waals surface area contributed by atoms with E-state index in [1.165, 1.54) is 12.8 Å². The smallest absolute Gasteiger partial charge is 0.410 e. The number of amides is 1. The number of carbonyl (C=O) groups is 1. The third kappa shape index (κ3) is 5.23. The van der Waals surface area contributed by atoms with Gasteiger partial charge in [0.2, 0.25) is 0 Å². The Morgan fingerprint density at radius 3 is 2.57 bits per heavy atom. The molecule has 2 rings (SSSR count). The molecule has 0 radical (unpaired) electrons. The van der Waals surface area contributed by atoms with Crippen LogP contribution >= 0.6 is 0 Å². The maximum atomic E-state index is 12.3. The van der Waals surface area contributed by atoms with E-state index in [1.807, 2.05) is 25.7 Å². The van der Waals surface area contributed by atoms with Crippen molar-refractivity contribution in [3.63, 3.8) is 0 Å². The summed E-state index contributed by atoms with van der Waals surface area (Å²) in [5.74, 6) is 2.33. The number of allylic oxidation sites excluding steroid dienone is 2. The van der Waals surface area contributed by atoms with E-state index < -0.39 is 5.60 Å². The third-order valence-electron chi connectivity index (χ3n) is 4.97. The number of carbonyl (C=O) groups excluding carboxylic acids is 1. The summed E-state index contributed by atoms with van der Waals surface area (Å²) in [7, 11) is 0. The molecule has 0 spiro atoms. The van der Waals surface area contributed by atoms with Crippen LogP contribution in [0.2, 0.25) is 0 Å². The van der Waals surface area contributed by atoms with Crippen LogP contribution in [0.15, 0.2) is 12.2 Å². The van der Waals surface area contributed by atoms with Crippen LogP contribution in [0.5, 0.6) is 0 Å². The zero-order valence-corrected chi connectivity index (χ0v) is 15.5. The largest absolute Gasteiger partial charge is 0.444 e. The minimum absolute atomic E-state index is 0.198. The fourth-order valence-corrected chi connectivity index (χ4v) is 3.87. The van der Waals surface area contributed by atoms with Crippen LogP contribution in [0.3, 0.4) is 0 Å². The first-order chi connectivity index (χ1) is 10.8. The number of fused-ring (bicyclic) bond motifs is 2. The molecule has 0 aromatic carbocycles. The van der Waals surface area contributed by atoms with Crippen LogP contribution in [0.4, 0.5) is 4.79 Å². The first-order valence-corrected chi connectivity index (χ1v) is 9.19. The van der Waals surface area contributed by atoms with Crippen LogP contribution in [0.25, 0.3) is 0 Å². The van der Waals surface area contributed by atoms with E-state index in [-0.39, 0.29) is 6.09 Å². The van der Waals surface area contributed by atoms with Crippen molar-refractivity contribution in [3.05, 3.63) is 12.2 Å². The van der Waals surface area contributed by atoms with Crippen molar-refractivity contribution in [1.82, 2.24) is 10.2 Å². The predicted octanol–water partition coefficient (Wildman–Crippen LogP) is 3.82. The second-order valence-corrected chi connectivity index (χ2v) is 8.15. The minimum Gasteiger partial charge on any atom is -0.444 e. The van der Waals surface area contributed by atoms with E-state index in [0.717, 1.165) is 37.3 Å². The van der Waals surface area contributed by atoms with Crippen LogP contribution in [-0.2, 0) is 4.74 Å². The minimum atomic E-state index is -0.431. The Morgan fingerprint density at radius 2 is 2.04 bits per heavy atom. The first kappa shape index (κ1) is 18.3. The molecule has 2 bridgehead atoms. The van der Waals surface area contributed by atoms with Gasteiger partial charge in [0.05, 0.1) is 0 Å². The van der Waals surface area contributed by atoms with Crippen LogP contribution in [0.1, 0.15) is 53.9 Å². The van der Waals surface area contributed by atoms with Gasteiger partial charge in [-0.1, -0.05) is 19.1 Å². The van der Waals surface area contributed by atoms with Gasteiger partial charge in [-0.15, -0.1) is 0 Å². The third-order valence-corrected chi connectivity index (χ3v) is 4.97. The molecule has 0 aromatic rings. The Balaban J connectivity index is 1.75. The van der Waals surface area contributed by atoms with Crippen molar-refractivity contribution in [1.29, 1.82) is 0 Å². The van der Waals surface area contributed by atoms with Crippen molar-refractivity contribution < 1.29 is 9.53 Å². The summed E-state index contributed by atoms with van der Waals surface area (Å²) in [4.78, 5) is 14.1. The predicted molar refractivity (Wildman–Crippen MR) is 94.4 cm³/mol. The second-order valence-electron chi connectivity index (χ2n) is 8.15. The molecule has 2 aliphatic rings. The van der Waals surface area contributed by atoms with Crippen LogP contribution < -0.4 is 5.32 Å². The van der Waals surface area contributed by atoms with Gasteiger partial charge in [-0.25, -0.2) is 4.79 Å². The molecule has 0 heterocycles. The highest BCUT2D eigenvalue weighted by atomic mass is 16.6. The summed E-state index contributed by atoms with van der Waals surface area (Å²) in [6, 6.07) is 0.511. The summed E-state index contributed by atoms with van der Waals surface area (Å²) in [5, 5.41) is 3.63. The summed E-state index contributed by atoms with van der Waals surface area (Å²) in [6.07, 6.45) is 8.21. The van der Waals surface area contributed by atoms with Crippen molar-refractivity contribution in [2.75, 3.05) is 19.6 Å². The Bertz CT molecular complexity index is 428. The van der Waals surface area contributed by atoms with E-state index in [2.05, 4.69) is 31.3 Å². The Kier molecular flexibility index (Phi) is 6.12. The fourth-order valence-electron chi connectivity index (χ4n) is 3.87. The van der Waals surface area contributed by atoms with Gasteiger partial charge in [0.15, 0.2) is 0 Å². The fraction of sp³-hybridized carbons (Fsp3) is 0.842. The zero-order chi connectivity index (χ0) is 17.0. The lowest BCUT2D eigenvalue weighted by molar-refractivity contribution is 0.0249. The van der Waals surface area contributed by atoms with E-state index in [0.29, 0.717) is 12.6 Å². The molecule has 1 fully saturated rings. The van der Waals surface area contributed by atoms with E-state index >= 15 is 0 Å². The zero-order valence-electron chi connectivity index (χ0n) is 15.5. The van der Waals surface area contributed by atoms with Crippen molar-refractivity contribution >= 4 is 6.09 Å². The number of rotatable bonds is 7. The van der Waals surface area contributed by atoms with Gasteiger partial charge in [0.25, 0.3) is 0 Å². The molecule has 4 heteroatoms. The molecule has 0 aromatic heterocycles. The SMILES string of the molecule is CCCN(CCNC(C)C1CC2C=CC1C2)C(=O)OC(C)(C)C. The molecule has 1 N–H and O–H groups in total. The van der Waals surface area contributed by atoms with Crippen molar-refractivity contribution in [3.8, 4) is 0 Å². The van der Waals surface area contributed by atoms with Gasteiger partial charge in [0.1, 0.15) is 5.60 Å². The maximum Gasteiger partial charge on any atom is 0.410 e. The molecule has 4 nitrogen and oxygen atoms in total. The summed E-state index contributed by atoms with van der Waals surface area (Å²) in [6.45, 7) is 12.4.